The van der Waals surface area contributed by atoms with Gasteiger partial charge in [0.05, 0.1) is 0 Å². The number of halogens is 2. The predicted molar refractivity (Wildman–Crippen MR) is 79.4 cm³/mol. The molecule has 0 unspecified atom stereocenters. The molecule has 0 saturated carbocycles. The summed E-state index contributed by atoms with van der Waals surface area (Å²) in [5.41, 5.74) is 1.06. The van der Waals surface area contributed by atoms with Crippen molar-refractivity contribution in [3.8, 4) is 0 Å². The smallest absolute Gasteiger partial charge is 0.137 e. The van der Waals surface area contributed by atoms with Gasteiger partial charge in [-0.05, 0) is 36.4 Å². The molecule has 0 aromatic heterocycles. The van der Waals surface area contributed by atoms with Gasteiger partial charge in [-0.1, -0.05) is 48.5 Å². The molecule has 0 heterocycles. The molecule has 0 aliphatic heterocycles. The van der Waals surface area contributed by atoms with E-state index in [2.05, 4.69) is 12.2 Å². The summed E-state index contributed by atoms with van der Waals surface area (Å²) in [6.07, 6.45) is 0. The molecule has 2 rings (SSSR count). The molecule has 0 amide bonds. The van der Waals surface area contributed by atoms with Crippen molar-refractivity contribution in [3.63, 3.8) is 0 Å². The van der Waals surface area contributed by atoms with Crippen LogP contribution in [0.25, 0.3) is 0 Å². The van der Waals surface area contributed by atoms with E-state index in [0.717, 1.165) is 23.5 Å². The van der Waals surface area contributed by atoms with Crippen LogP contribution in [0.2, 0.25) is 5.02 Å². The van der Waals surface area contributed by atoms with Crippen LogP contribution in [0.3, 0.4) is 0 Å². The number of hydrogen-bond donors (Lipinski definition) is 1. The van der Waals surface area contributed by atoms with Crippen LogP contribution in [0.4, 0.5) is 4.39 Å². The van der Waals surface area contributed by atoms with Crippen LogP contribution in [-0.4, -0.2) is 6.54 Å². The molecule has 2 aromatic carbocycles. The van der Waals surface area contributed by atoms with Gasteiger partial charge in [0.25, 0.3) is 0 Å². The molecule has 0 spiro atoms. The molecular formula is C15H15ClFNS. The topological polar surface area (TPSA) is 12.0 Å². The fourth-order valence-corrected chi connectivity index (χ4v) is 2.84. The second kappa shape index (κ2) is 6.94. The van der Waals surface area contributed by atoms with Gasteiger partial charge in [-0.2, -0.15) is 0 Å². The Bertz CT molecular complexity index is 560. The van der Waals surface area contributed by atoms with Crippen LogP contribution in [0, 0.1) is 5.82 Å². The lowest BCUT2D eigenvalue weighted by Gasteiger charge is -2.08. The second-order valence-electron chi connectivity index (χ2n) is 4.07. The molecule has 1 nitrogen and oxygen atoms in total. The van der Waals surface area contributed by atoms with E-state index in [1.54, 1.807) is 12.1 Å². The van der Waals surface area contributed by atoms with E-state index >= 15 is 0 Å². The summed E-state index contributed by atoms with van der Waals surface area (Å²) in [7, 11) is 0. The summed E-state index contributed by atoms with van der Waals surface area (Å²) >= 11 is 7.61. The van der Waals surface area contributed by atoms with E-state index in [9.17, 15) is 4.39 Å². The minimum Gasteiger partial charge on any atom is -0.313 e. The summed E-state index contributed by atoms with van der Waals surface area (Å²) in [6.45, 7) is 3.71. The maximum absolute atomic E-state index is 13.6. The minimum absolute atomic E-state index is 0.208. The molecule has 4 heteroatoms. The maximum Gasteiger partial charge on any atom is 0.137 e. The maximum atomic E-state index is 13.6. The molecule has 0 saturated heterocycles. The Morgan fingerprint density at radius 3 is 2.68 bits per heavy atom. The molecule has 0 aliphatic rings. The van der Waals surface area contributed by atoms with Gasteiger partial charge in [-0.25, -0.2) is 4.39 Å². The van der Waals surface area contributed by atoms with Crippen LogP contribution in [-0.2, 0) is 6.54 Å². The van der Waals surface area contributed by atoms with Crippen LogP contribution in [0.1, 0.15) is 12.5 Å². The predicted octanol–water partition coefficient (Wildman–Crippen LogP) is 4.74. The quantitative estimate of drug-likeness (QED) is 0.855. The highest BCUT2D eigenvalue weighted by atomic mass is 35.5. The van der Waals surface area contributed by atoms with Crippen molar-refractivity contribution in [1.82, 2.24) is 5.32 Å². The van der Waals surface area contributed by atoms with Gasteiger partial charge in [0.1, 0.15) is 5.82 Å². The highest BCUT2D eigenvalue weighted by Gasteiger charge is 2.06. The van der Waals surface area contributed by atoms with Gasteiger partial charge in [0.15, 0.2) is 0 Å². The highest BCUT2D eigenvalue weighted by Crippen LogP contribution is 2.32. The fraction of sp³-hybridized carbons (Fsp3) is 0.200. The largest absolute Gasteiger partial charge is 0.313 e. The highest BCUT2D eigenvalue weighted by molar-refractivity contribution is 7.99. The molecule has 2 aromatic rings. The Balaban J connectivity index is 2.14. The summed E-state index contributed by atoms with van der Waals surface area (Å²) in [4.78, 5) is 1.55. The van der Waals surface area contributed by atoms with E-state index < -0.39 is 0 Å². The molecular weight excluding hydrogens is 281 g/mol. The second-order valence-corrected chi connectivity index (χ2v) is 5.59. The van der Waals surface area contributed by atoms with Crippen LogP contribution >= 0.6 is 23.4 Å². The molecule has 19 heavy (non-hydrogen) atoms. The van der Waals surface area contributed by atoms with E-state index in [1.165, 1.54) is 17.8 Å². The zero-order valence-electron chi connectivity index (χ0n) is 10.6. The molecule has 100 valence electrons. The van der Waals surface area contributed by atoms with Crippen LogP contribution < -0.4 is 5.32 Å². The molecule has 0 fully saturated rings. The first-order valence-corrected chi connectivity index (χ1v) is 7.31. The lowest BCUT2D eigenvalue weighted by molar-refractivity contribution is 0.602. The van der Waals surface area contributed by atoms with Gasteiger partial charge in [0.2, 0.25) is 0 Å². The van der Waals surface area contributed by atoms with Crippen molar-refractivity contribution in [1.29, 1.82) is 0 Å². The van der Waals surface area contributed by atoms with Gasteiger partial charge in [0, 0.05) is 21.4 Å². The van der Waals surface area contributed by atoms with Crippen molar-refractivity contribution in [3.05, 3.63) is 58.9 Å². The Hall–Kier alpha value is -1.03. The molecule has 0 bridgehead atoms. The molecule has 0 radical (unpaired) electrons. The van der Waals surface area contributed by atoms with Crippen molar-refractivity contribution < 1.29 is 4.39 Å². The first-order chi connectivity index (χ1) is 9.20. The van der Waals surface area contributed by atoms with E-state index in [4.69, 9.17) is 11.6 Å². The third-order valence-electron chi connectivity index (χ3n) is 2.65. The Morgan fingerprint density at radius 1 is 1.21 bits per heavy atom. The summed E-state index contributed by atoms with van der Waals surface area (Å²) < 4.78 is 13.6. The average molecular weight is 296 g/mol. The van der Waals surface area contributed by atoms with Gasteiger partial charge < -0.3 is 5.32 Å². The van der Waals surface area contributed by atoms with Crippen molar-refractivity contribution >= 4 is 23.4 Å². The zero-order valence-corrected chi connectivity index (χ0v) is 12.2. The van der Waals surface area contributed by atoms with Gasteiger partial charge in [-0.15, -0.1) is 0 Å². The molecule has 0 aliphatic carbocycles. The van der Waals surface area contributed by atoms with Gasteiger partial charge >= 0.3 is 0 Å². The third-order valence-corrected chi connectivity index (χ3v) is 4.05. The first-order valence-electron chi connectivity index (χ1n) is 6.12. The first kappa shape index (κ1) is 14.4. The molecule has 1 N–H and O–H groups in total. The normalized spacial score (nSPS) is 10.7. The number of nitrogens with one attached hydrogen (secondary N) is 1. The van der Waals surface area contributed by atoms with Crippen LogP contribution in [0.15, 0.2) is 52.3 Å². The number of benzene rings is 2. The monoisotopic (exact) mass is 295 g/mol. The summed E-state index contributed by atoms with van der Waals surface area (Å²) in [5.74, 6) is -0.208. The SMILES string of the molecule is CCNCc1ccc(Sc2ccccc2F)cc1Cl. The Kier molecular flexibility index (Phi) is 5.25. The lowest BCUT2D eigenvalue weighted by atomic mass is 10.2. The van der Waals surface area contributed by atoms with Crippen molar-refractivity contribution in [2.45, 2.75) is 23.3 Å². The Morgan fingerprint density at radius 2 is 2.00 bits per heavy atom. The number of rotatable bonds is 5. The number of hydrogen-bond acceptors (Lipinski definition) is 2. The Labute approximate surface area is 122 Å². The standard InChI is InChI=1S/C15H15ClFNS/c1-2-18-10-11-7-8-12(9-13(11)16)19-15-6-4-3-5-14(15)17/h3-9,18H,2,10H2,1H3. The minimum atomic E-state index is -0.208. The van der Waals surface area contributed by atoms with Crippen molar-refractivity contribution in [2.24, 2.45) is 0 Å². The van der Waals surface area contributed by atoms with E-state index in [0.29, 0.717) is 9.92 Å². The molecule has 0 atom stereocenters. The lowest BCUT2D eigenvalue weighted by Crippen LogP contribution is -2.11. The summed E-state index contributed by atoms with van der Waals surface area (Å²) in [6, 6.07) is 12.6. The zero-order chi connectivity index (χ0) is 13.7. The van der Waals surface area contributed by atoms with Crippen LogP contribution in [0.5, 0.6) is 0 Å². The third kappa shape index (κ3) is 3.96. The average Bonchev–Trinajstić information content (AvgIpc) is 2.40. The fourth-order valence-electron chi connectivity index (χ4n) is 1.65. The van der Waals surface area contributed by atoms with Crippen molar-refractivity contribution in [2.75, 3.05) is 6.54 Å². The van der Waals surface area contributed by atoms with E-state index in [1.807, 2.05) is 24.3 Å². The van der Waals surface area contributed by atoms with Gasteiger partial charge in [-0.3, -0.25) is 0 Å². The summed E-state index contributed by atoms with van der Waals surface area (Å²) in [5, 5.41) is 3.94. The van der Waals surface area contributed by atoms with E-state index in [-0.39, 0.29) is 5.82 Å².